The smallest absolute Gasteiger partial charge is 0.0118 e. The molecule has 0 nitrogen and oxygen atoms in total. The first-order valence-electron chi connectivity index (χ1n) is 7.59. The van der Waals surface area contributed by atoms with E-state index in [-0.39, 0.29) is 0 Å². The van der Waals surface area contributed by atoms with E-state index < -0.39 is 0 Å². The first kappa shape index (κ1) is 12.2. The number of hydrogen-bond acceptors (Lipinski definition) is 0. The van der Waals surface area contributed by atoms with Crippen molar-refractivity contribution in [2.45, 2.75) is 83.5 Å². The van der Waals surface area contributed by atoms with Crippen LogP contribution < -0.4 is 0 Å². The summed E-state index contributed by atoms with van der Waals surface area (Å²) in [5.41, 5.74) is 0.638. The van der Waals surface area contributed by atoms with Gasteiger partial charge in [-0.1, -0.05) is 63.5 Å². The van der Waals surface area contributed by atoms with Crippen LogP contribution in [0.15, 0.2) is 12.2 Å². The summed E-state index contributed by atoms with van der Waals surface area (Å²) in [7, 11) is 0. The van der Waals surface area contributed by atoms with Crippen LogP contribution in [0.5, 0.6) is 0 Å². The fraction of sp³-hybridized carbons (Fsp3) is 0.875. The molecule has 1 saturated carbocycles. The van der Waals surface area contributed by atoms with E-state index in [1.165, 1.54) is 83.5 Å². The van der Waals surface area contributed by atoms with E-state index in [1.807, 2.05) is 0 Å². The third-order valence-electron chi connectivity index (χ3n) is 4.62. The quantitative estimate of drug-likeness (QED) is 0.464. The third kappa shape index (κ3) is 3.64. The van der Waals surface area contributed by atoms with Crippen LogP contribution in [0.4, 0.5) is 0 Å². The molecular formula is C16H28. The lowest BCUT2D eigenvalue weighted by atomic mass is 9.80. The molecule has 0 heteroatoms. The lowest BCUT2D eigenvalue weighted by molar-refractivity contribution is 0.342. The molecule has 2 aliphatic rings. The minimum absolute atomic E-state index is 0.638. The van der Waals surface area contributed by atoms with Crippen LogP contribution >= 0.6 is 0 Å². The molecule has 1 spiro atoms. The Bertz CT molecular complexity index is 208. The zero-order chi connectivity index (χ0) is 11.1. The Balaban J connectivity index is 1.90. The first-order chi connectivity index (χ1) is 7.91. The Morgan fingerprint density at radius 3 is 1.75 bits per heavy atom. The molecule has 0 aromatic carbocycles. The predicted octanol–water partition coefficient (Wildman–Crippen LogP) is 5.63. The number of rotatable bonds is 0. The van der Waals surface area contributed by atoms with Crippen LogP contribution in [0.3, 0.4) is 0 Å². The summed E-state index contributed by atoms with van der Waals surface area (Å²) in [5, 5.41) is 0. The molecule has 16 heavy (non-hydrogen) atoms. The van der Waals surface area contributed by atoms with Crippen molar-refractivity contribution in [2.24, 2.45) is 5.41 Å². The SMILES string of the molecule is C1=CC2(CCCCCCCCC1)CCCC2. The van der Waals surface area contributed by atoms with Gasteiger partial charge in [-0.15, -0.1) is 0 Å². The molecule has 0 aromatic heterocycles. The average molecular weight is 220 g/mol. The van der Waals surface area contributed by atoms with Gasteiger partial charge in [0.15, 0.2) is 0 Å². The lowest BCUT2D eigenvalue weighted by Gasteiger charge is -2.25. The summed E-state index contributed by atoms with van der Waals surface area (Å²) in [5.74, 6) is 0. The minimum Gasteiger partial charge on any atom is -0.0880 e. The zero-order valence-corrected chi connectivity index (χ0v) is 10.8. The maximum Gasteiger partial charge on any atom is -0.0118 e. The van der Waals surface area contributed by atoms with Crippen molar-refractivity contribution in [1.29, 1.82) is 0 Å². The summed E-state index contributed by atoms with van der Waals surface area (Å²) in [6.45, 7) is 0. The highest BCUT2D eigenvalue weighted by molar-refractivity contribution is 5.02. The van der Waals surface area contributed by atoms with Gasteiger partial charge in [-0.2, -0.15) is 0 Å². The number of hydrogen-bond donors (Lipinski definition) is 0. The van der Waals surface area contributed by atoms with Crippen molar-refractivity contribution in [3.63, 3.8) is 0 Å². The second-order valence-electron chi connectivity index (χ2n) is 5.99. The molecule has 0 amide bonds. The Morgan fingerprint density at radius 2 is 1.06 bits per heavy atom. The Labute approximate surface area is 102 Å². The zero-order valence-electron chi connectivity index (χ0n) is 10.8. The molecule has 0 heterocycles. The fourth-order valence-electron chi connectivity index (χ4n) is 3.54. The first-order valence-corrected chi connectivity index (χ1v) is 7.59. The largest absolute Gasteiger partial charge is 0.0880 e. The maximum absolute atomic E-state index is 2.61. The highest BCUT2D eigenvalue weighted by Crippen LogP contribution is 2.44. The second-order valence-corrected chi connectivity index (χ2v) is 5.99. The monoisotopic (exact) mass is 220 g/mol. The van der Waals surface area contributed by atoms with Crippen molar-refractivity contribution in [1.82, 2.24) is 0 Å². The average Bonchev–Trinajstić information content (AvgIpc) is 2.73. The fourth-order valence-corrected chi connectivity index (χ4v) is 3.54. The van der Waals surface area contributed by atoms with Crippen LogP contribution in [0.2, 0.25) is 0 Å². The molecule has 2 rings (SSSR count). The standard InChI is InChI=1S/C16H28/c1-2-4-6-8-12-16(14-10-11-15-16)13-9-7-5-3-1/h8,12H,1-7,9-11,13-15H2. The summed E-state index contributed by atoms with van der Waals surface area (Å²) >= 11 is 0. The maximum atomic E-state index is 2.61. The topological polar surface area (TPSA) is 0 Å². The van der Waals surface area contributed by atoms with E-state index in [1.54, 1.807) is 0 Å². The molecule has 0 saturated heterocycles. The molecule has 92 valence electrons. The Kier molecular flexibility index (Phi) is 4.93. The van der Waals surface area contributed by atoms with E-state index >= 15 is 0 Å². The van der Waals surface area contributed by atoms with Crippen molar-refractivity contribution >= 4 is 0 Å². The Hall–Kier alpha value is -0.260. The second kappa shape index (κ2) is 6.47. The van der Waals surface area contributed by atoms with Crippen LogP contribution in [0.25, 0.3) is 0 Å². The predicted molar refractivity (Wildman–Crippen MR) is 71.6 cm³/mol. The summed E-state index contributed by atoms with van der Waals surface area (Å²) < 4.78 is 0. The van der Waals surface area contributed by atoms with Crippen LogP contribution in [0, 0.1) is 5.41 Å². The van der Waals surface area contributed by atoms with Crippen molar-refractivity contribution in [3.8, 4) is 0 Å². The lowest BCUT2D eigenvalue weighted by Crippen LogP contribution is -2.12. The van der Waals surface area contributed by atoms with Gasteiger partial charge in [-0.3, -0.25) is 0 Å². The van der Waals surface area contributed by atoms with E-state index in [9.17, 15) is 0 Å². The van der Waals surface area contributed by atoms with E-state index in [0.717, 1.165) is 0 Å². The molecule has 0 N–H and O–H groups in total. The van der Waals surface area contributed by atoms with Gasteiger partial charge >= 0.3 is 0 Å². The van der Waals surface area contributed by atoms with Crippen LogP contribution in [-0.2, 0) is 0 Å². The van der Waals surface area contributed by atoms with Gasteiger partial charge in [0.1, 0.15) is 0 Å². The van der Waals surface area contributed by atoms with Gasteiger partial charge in [-0.25, -0.2) is 0 Å². The number of allylic oxidation sites excluding steroid dienone is 2. The van der Waals surface area contributed by atoms with Gasteiger partial charge in [-0.05, 0) is 37.5 Å². The van der Waals surface area contributed by atoms with Crippen LogP contribution in [-0.4, -0.2) is 0 Å². The van der Waals surface area contributed by atoms with Crippen molar-refractivity contribution in [3.05, 3.63) is 12.2 Å². The van der Waals surface area contributed by atoms with E-state index in [2.05, 4.69) is 12.2 Å². The molecule has 0 radical (unpaired) electrons. The molecular weight excluding hydrogens is 192 g/mol. The summed E-state index contributed by atoms with van der Waals surface area (Å²) in [4.78, 5) is 0. The van der Waals surface area contributed by atoms with Crippen molar-refractivity contribution < 1.29 is 0 Å². The summed E-state index contributed by atoms with van der Waals surface area (Å²) in [6, 6.07) is 0. The van der Waals surface area contributed by atoms with E-state index in [4.69, 9.17) is 0 Å². The molecule has 0 bridgehead atoms. The molecule has 0 aromatic rings. The highest BCUT2D eigenvalue weighted by atomic mass is 14.3. The van der Waals surface area contributed by atoms with Crippen molar-refractivity contribution in [2.75, 3.05) is 0 Å². The molecule has 0 atom stereocenters. The third-order valence-corrected chi connectivity index (χ3v) is 4.62. The minimum atomic E-state index is 0.638. The summed E-state index contributed by atoms with van der Waals surface area (Å²) in [6.07, 6.45) is 24.1. The van der Waals surface area contributed by atoms with Gasteiger partial charge in [0, 0.05) is 0 Å². The van der Waals surface area contributed by atoms with Gasteiger partial charge in [0.25, 0.3) is 0 Å². The Morgan fingerprint density at radius 1 is 0.562 bits per heavy atom. The molecule has 2 aliphatic carbocycles. The van der Waals surface area contributed by atoms with Gasteiger partial charge in [0.05, 0.1) is 0 Å². The molecule has 0 aliphatic heterocycles. The molecule has 1 fully saturated rings. The van der Waals surface area contributed by atoms with E-state index in [0.29, 0.717) is 5.41 Å². The molecule has 0 unspecified atom stereocenters. The van der Waals surface area contributed by atoms with Gasteiger partial charge in [0.2, 0.25) is 0 Å². The highest BCUT2D eigenvalue weighted by Gasteiger charge is 2.30. The van der Waals surface area contributed by atoms with Crippen LogP contribution in [0.1, 0.15) is 83.5 Å². The normalized spacial score (nSPS) is 27.5. The van der Waals surface area contributed by atoms with Gasteiger partial charge < -0.3 is 0 Å².